The summed E-state index contributed by atoms with van der Waals surface area (Å²) in [4.78, 5) is 118. The van der Waals surface area contributed by atoms with E-state index in [1.807, 2.05) is 158 Å². The zero-order chi connectivity index (χ0) is 97.8. The van der Waals surface area contributed by atoms with Gasteiger partial charge in [0.2, 0.25) is 23.6 Å². The highest BCUT2D eigenvalue weighted by molar-refractivity contribution is 7.16. The van der Waals surface area contributed by atoms with Crippen LogP contribution >= 0.6 is 45.3 Å². The van der Waals surface area contributed by atoms with Gasteiger partial charge < -0.3 is 42.2 Å². The maximum atomic E-state index is 13.8. The van der Waals surface area contributed by atoms with Crippen LogP contribution < -0.4 is 22.9 Å². The molecule has 30 nitrogen and oxygen atoms in total. The summed E-state index contributed by atoms with van der Waals surface area (Å²) < 4.78 is 24.9. The van der Waals surface area contributed by atoms with Crippen LogP contribution in [0.5, 0.6) is 0 Å². The van der Waals surface area contributed by atoms with Crippen molar-refractivity contribution in [2.24, 2.45) is 66.6 Å². The van der Waals surface area contributed by atoms with E-state index in [1.165, 1.54) is 92.7 Å². The minimum Gasteiger partial charge on any atom is -0.445 e. The molecule has 8 aromatic carbocycles. The van der Waals surface area contributed by atoms with E-state index >= 15 is 0 Å². The normalized spacial score (nSPS) is 21.6. The Morgan fingerprint density at radius 1 is 0.367 bits per heavy atom. The molecule has 694 valence electrons. The van der Waals surface area contributed by atoms with Gasteiger partial charge in [0.1, 0.15) is 47.3 Å². The van der Waals surface area contributed by atoms with Gasteiger partial charge in [0.15, 0.2) is 23.8 Å². The van der Waals surface area contributed by atoms with Crippen LogP contribution in [-0.2, 0) is 77.1 Å². The molecule has 20 rings (SSSR count). The van der Waals surface area contributed by atoms with Crippen molar-refractivity contribution >= 4 is 105 Å². The number of aliphatic imine (C=N–C) groups is 4. The van der Waals surface area contributed by atoms with Crippen LogP contribution in [-0.4, -0.2) is 179 Å². The molecule has 12 aromatic rings. The molecule has 8 aliphatic rings. The number of nitrogens with two attached hydrogens (primary N) is 4. The molecule has 6 unspecified atom stereocenters. The van der Waals surface area contributed by atoms with Gasteiger partial charge in [-0.2, -0.15) is 31.6 Å². The van der Waals surface area contributed by atoms with Crippen molar-refractivity contribution in [2.75, 3.05) is 80.5 Å². The molecule has 8 N–H and O–H groups in total. The number of fused-ring (bicyclic) bond motifs is 4. The van der Waals surface area contributed by atoms with E-state index in [1.54, 1.807) is 82.0 Å². The molecule has 35 heteroatoms. The molecule has 139 heavy (non-hydrogen) atoms. The second-order valence-electron chi connectivity index (χ2n) is 34.8. The minimum atomic E-state index is -1.07. The number of hydrogen-bond donors (Lipinski definition) is 4. The zero-order valence-electron chi connectivity index (χ0n) is 75.6. The summed E-state index contributed by atoms with van der Waals surface area (Å²) in [5, 5.41) is 58.0. The highest BCUT2D eigenvalue weighted by atomic mass is 32.1. The number of carbonyl (C=O) groups excluding carboxylic acids is 6. The fraction of sp³-hybridized carbons (Fsp3) is 0.231. The first kappa shape index (κ1) is 94.4. The third-order valence-electron chi connectivity index (χ3n) is 26.1. The standard InChI is InChI=1S/C27H22N6O3S.C26H22FN5O3S.C26H22N6OS.C25H23N5OS/c1-32-24(34)21-14-33(26(35)36-15-17-5-3-2-4-6-17)16-27(21,31-25(32)30)23-8-7-22(37-23)20-10-18(12-28)9-19(11-20)13-29;1-31-23(33)19-13-32(25(34)35-14-16-5-3-2-4-6-16)15-26(19,30-24(31)29)22-10-9-21(36-22)17-7-8-20(27)18(11-17)12-28;1-31-24(33)21-15-32(14-17-5-3-2-4-6-17)16-26(21,30-25(31)29)23-8-7-22(34-23)20-10-18(12-27)9-19(11-20)13-28;1-29-23(31)21-14-30(13-17-6-3-2-4-7-17)16-25(21,28-24(29)27)22-11-20(15-32-22)19-9-5-8-18(10-19)12-26/h2-11,21H,14-16H2,1H3,(H2,30,31);2-11,19H,13-15H2,1H3,(H2,29,30);2-11,21H,14-16H2,1H3,(H2,29,30);2-11,15,21H,13-14,16H2,1H3,(H2,27,28)/t;;21-,26-;/m..0./s1. The Morgan fingerprint density at radius 2 is 0.712 bits per heavy atom. The smallest absolute Gasteiger partial charge is 0.410 e. The Bertz CT molecular complexity index is 7180. The molecular weight excluding hydrogens is 1830 g/mol. The number of amides is 6. The summed E-state index contributed by atoms with van der Waals surface area (Å²) in [6.45, 7) is 4.67. The van der Waals surface area contributed by atoms with E-state index in [2.05, 4.69) is 75.9 Å². The lowest BCUT2D eigenvalue weighted by Crippen LogP contribution is -2.54. The van der Waals surface area contributed by atoms with Crippen molar-refractivity contribution in [3.05, 3.63) is 329 Å². The number of hydrogen-bond acceptors (Lipinski definition) is 28. The number of guanidine groups is 4. The molecule has 6 amide bonds. The van der Waals surface area contributed by atoms with Crippen molar-refractivity contribution in [3.63, 3.8) is 0 Å². The fourth-order valence-corrected chi connectivity index (χ4v) is 23.5. The lowest BCUT2D eigenvalue weighted by Gasteiger charge is -2.37. The van der Waals surface area contributed by atoms with E-state index < -0.39 is 52.0 Å². The Balaban J connectivity index is 0.000000128. The van der Waals surface area contributed by atoms with Crippen LogP contribution in [0.4, 0.5) is 14.0 Å². The Morgan fingerprint density at radius 3 is 1.09 bits per heavy atom. The van der Waals surface area contributed by atoms with Crippen LogP contribution in [0.2, 0.25) is 0 Å². The highest BCUT2D eigenvalue weighted by Gasteiger charge is 2.61. The van der Waals surface area contributed by atoms with Crippen molar-refractivity contribution < 1.29 is 42.6 Å². The number of ether oxygens (including phenoxy) is 2. The fourth-order valence-electron chi connectivity index (χ4n) is 18.9. The largest absolute Gasteiger partial charge is 0.445 e. The summed E-state index contributed by atoms with van der Waals surface area (Å²) in [6.07, 6.45) is -1.06. The van der Waals surface area contributed by atoms with Crippen molar-refractivity contribution in [2.45, 2.75) is 48.5 Å². The van der Waals surface area contributed by atoms with Crippen LogP contribution in [0.3, 0.4) is 0 Å². The predicted molar refractivity (Wildman–Crippen MR) is 525 cm³/mol. The molecule has 12 heterocycles. The maximum absolute atomic E-state index is 13.8. The summed E-state index contributed by atoms with van der Waals surface area (Å²) >= 11 is 5.90. The quantitative estimate of drug-likeness (QED) is 0.0698. The third kappa shape index (κ3) is 18.8. The maximum Gasteiger partial charge on any atom is 0.410 e. The molecule has 8 aliphatic heterocycles. The van der Waals surface area contributed by atoms with Gasteiger partial charge in [-0.3, -0.25) is 48.6 Å². The van der Waals surface area contributed by atoms with Gasteiger partial charge in [0, 0.05) is 115 Å². The predicted octanol–water partition coefficient (Wildman–Crippen LogP) is 13.8. The monoisotopic (exact) mass is 1920 g/mol. The second-order valence-corrected chi connectivity index (χ2v) is 38.9. The van der Waals surface area contributed by atoms with Crippen LogP contribution in [0.1, 0.15) is 75.1 Å². The number of rotatable bonds is 16. The average molecular weight is 1920 g/mol. The number of nitrogens with zero attached hydrogens (tertiary/aromatic N) is 18. The van der Waals surface area contributed by atoms with Gasteiger partial charge >= 0.3 is 12.2 Å². The first-order valence-electron chi connectivity index (χ1n) is 44.1. The molecule has 0 bridgehead atoms. The van der Waals surface area contributed by atoms with E-state index in [-0.39, 0.29) is 104 Å². The molecule has 4 aromatic heterocycles. The molecule has 8 atom stereocenters. The topological polar surface area (TPSA) is 443 Å². The average Bonchev–Trinajstić information content (AvgIpc) is 1.60. The van der Waals surface area contributed by atoms with Crippen molar-refractivity contribution in [1.29, 1.82) is 31.6 Å². The Labute approximate surface area is 816 Å². The van der Waals surface area contributed by atoms with E-state index in [0.29, 0.717) is 65.1 Å². The summed E-state index contributed by atoms with van der Waals surface area (Å²) in [5.74, 6) is -2.36. The molecule has 0 spiro atoms. The summed E-state index contributed by atoms with van der Waals surface area (Å²) in [7, 11) is 6.49. The Hall–Kier alpha value is -16.4. The molecule has 4 fully saturated rings. The number of nitriles is 6. The lowest BCUT2D eigenvalue weighted by atomic mass is 9.83. The van der Waals surface area contributed by atoms with Gasteiger partial charge in [0.05, 0.1) is 100 Å². The molecule has 0 radical (unpaired) electrons. The Kier molecular flexibility index (Phi) is 26.9. The number of halogens is 1. The minimum absolute atomic E-state index is 0.00879. The SMILES string of the molecule is CN1C(=O)C2CN(C(=O)OCc3ccccc3)CC2(c2ccc(-c3cc(C#N)cc(C#N)c3)s2)N=C1N.CN1C(=O)C2CN(C(=O)OCc3ccccc3)CC2(c2ccc(-c3ccc(F)c(C#N)c3)s2)N=C1N.CN1C(=O)C2CN(Cc3ccccc3)CC2(c2cc(-c3cccc(C#N)c3)cs2)N=C1N.CN1C(=O)[C@@H]2CN(Cc3ccccc3)C[C@]2(c2ccc(-c3cc(C#N)cc(C#N)c3)s2)N=C1N. The number of benzene rings is 8. The molecule has 0 aliphatic carbocycles. The summed E-state index contributed by atoms with van der Waals surface area (Å²) in [6, 6.07) is 87.1. The zero-order valence-corrected chi connectivity index (χ0v) is 78.9. The molecule has 0 saturated carbocycles. The third-order valence-corrected chi connectivity index (χ3v) is 31.1. The van der Waals surface area contributed by atoms with E-state index in [9.17, 15) is 64.7 Å². The van der Waals surface area contributed by atoms with Crippen LogP contribution in [0, 0.1) is 97.5 Å². The molecular formula is C104H89FN22O8S4. The first-order chi connectivity index (χ1) is 67.1. The number of thiophene rings is 4. The van der Waals surface area contributed by atoms with Crippen molar-refractivity contribution in [3.8, 4) is 78.9 Å². The molecule has 4 saturated heterocycles. The van der Waals surface area contributed by atoms with E-state index in [0.717, 1.165) is 75.0 Å². The van der Waals surface area contributed by atoms with Gasteiger partial charge in [-0.15, -0.1) is 45.3 Å². The van der Waals surface area contributed by atoms with E-state index in [4.69, 9.17) is 52.4 Å². The van der Waals surface area contributed by atoms with Gasteiger partial charge in [-0.05, 0) is 159 Å². The van der Waals surface area contributed by atoms with Crippen molar-refractivity contribution in [1.82, 2.24) is 39.2 Å². The summed E-state index contributed by atoms with van der Waals surface area (Å²) in [5.41, 5.74) is 31.6. The first-order valence-corrected chi connectivity index (χ1v) is 47.4. The van der Waals surface area contributed by atoms with Gasteiger partial charge in [-0.25, -0.2) is 33.9 Å². The van der Waals surface area contributed by atoms with Gasteiger partial charge in [-0.1, -0.05) is 140 Å². The number of likely N-dealkylation sites (tertiary alicyclic amines) is 4. The van der Waals surface area contributed by atoms with Crippen LogP contribution in [0.25, 0.3) is 42.4 Å². The highest BCUT2D eigenvalue weighted by Crippen LogP contribution is 2.53. The van der Waals surface area contributed by atoms with Crippen LogP contribution in [0.15, 0.2) is 268 Å². The number of carbonyl (C=O) groups is 6. The second kappa shape index (κ2) is 39.5. The van der Waals surface area contributed by atoms with Gasteiger partial charge in [0.25, 0.3) is 0 Å². The lowest BCUT2D eigenvalue weighted by molar-refractivity contribution is -0.133.